The van der Waals surface area contributed by atoms with Gasteiger partial charge in [-0.25, -0.2) is 0 Å². The van der Waals surface area contributed by atoms with Gasteiger partial charge in [0.25, 0.3) is 5.89 Å². The van der Waals surface area contributed by atoms with Crippen molar-refractivity contribution in [1.82, 2.24) is 10.3 Å². The van der Waals surface area contributed by atoms with E-state index in [0.717, 1.165) is 22.4 Å². The van der Waals surface area contributed by atoms with Crippen LogP contribution in [-0.2, 0) is 9.59 Å². The molecule has 1 saturated heterocycles. The zero-order valence-corrected chi connectivity index (χ0v) is 19.5. The Kier molecular flexibility index (Phi) is 6.68. The zero-order valence-electron chi connectivity index (χ0n) is 19.5. The third-order valence-electron chi connectivity index (χ3n) is 5.96. The number of anilines is 2. The maximum Gasteiger partial charge on any atom is 0.266 e. The van der Waals surface area contributed by atoms with Crippen LogP contribution in [0, 0.1) is 38.0 Å². The third-order valence-corrected chi connectivity index (χ3v) is 5.96. The third kappa shape index (κ3) is 4.96. The van der Waals surface area contributed by atoms with Gasteiger partial charge in [-0.3, -0.25) is 9.59 Å². The van der Waals surface area contributed by atoms with Gasteiger partial charge in [0.2, 0.25) is 23.4 Å². The van der Waals surface area contributed by atoms with Crippen molar-refractivity contribution in [3.63, 3.8) is 0 Å². The number of furan rings is 1. The summed E-state index contributed by atoms with van der Waals surface area (Å²) in [4.78, 5) is 31.2. The minimum atomic E-state index is -0.258. The van der Waals surface area contributed by atoms with Crippen molar-refractivity contribution in [3.8, 4) is 17.7 Å². The molecule has 2 N–H and O–H groups in total. The number of piperidine rings is 1. The number of nitrogens with zero attached hydrogens (tertiary/aromatic N) is 3. The number of amides is 2. The van der Waals surface area contributed by atoms with Gasteiger partial charge in [0.15, 0.2) is 5.76 Å². The van der Waals surface area contributed by atoms with Crippen LogP contribution >= 0.6 is 0 Å². The number of aryl methyl sites for hydroxylation is 3. The fraction of sp³-hybridized carbons (Fsp3) is 0.360. The average Bonchev–Trinajstić information content (AvgIpc) is 3.50. The molecule has 0 bridgehead atoms. The van der Waals surface area contributed by atoms with Crippen LogP contribution in [0.4, 0.5) is 11.6 Å². The monoisotopic (exact) mass is 461 g/mol. The lowest BCUT2D eigenvalue weighted by Gasteiger charge is -2.30. The van der Waals surface area contributed by atoms with Crippen molar-refractivity contribution < 1.29 is 18.4 Å². The van der Waals surface area contributed by atoms with Crippen LogP contribution in [0.25, 0.3) is 11.7 Å². The van der Waals surface area contributed by atoms with Gasteiger partial charge < -0.3 is 24.4 Å². The minimum Gasteiger partial charge on any atom is -0.459 e. The fourth-order valence-corrected chi connectivity index (χ4v) is 4.32. The molecule has 3 heterocycles. The number of nitriles is 1. The molecule has 0 atom stereocenters. The number of benzene rings is 1. The predicted molar refractivity (Wildman–Crippen MR) is 126 cm³/mol. The lowest BCUT2D eigenvalue weighted by Crippen LogP contribution is -2.42. The second-order valence-corrected chi connectivity index (χ2v) is 8.56. The van der Waals surface area contributed by atoms with Gasteiger partial charge in [0, 0.05) is 24.7 Å². The number of aromatic nitrogens is 1. The van der Waals surface area contributed by atoms with Crippen LogP contribution in [0.15, 0.2) is 39.4 Å². The molecular weight excluding hydrogens is 434 g/mol. The van der Waals surface area contributed by atoms with Gasteiger partial charge in [-0.05, 0) is 56.9 Å². The van der Waals surface area contributed by atoms with Crippen LogP contribution in [-0.4, -0.2) is 36.4 Å². The molecule has 1 fully saturated rings. The molecule has 176 valence electrons. The molecule has 9 nitrogen and oxygen atoms in total. The molecule has 4 rings (SSSR count). The lowest BCUT2D eigenvalue weighted by atomic mass is 9.96. The Bertz CT molecular complexity index is 1210. The Morgan fingerprint density at radius 1 is 1.21 bits per heavy atom. The van der Waals surface area contributed by atoms with Gasteiger partial charge in [0.05, 0.1) is 12.8 Å². The Morgan fingerprint density at radius 3 is 2.53 bits per heavy atom. The maximum absolute atomic E-state index is 12.6. The van der Waals surface area contributed by atoms with E-state index in [1.54, 1.807) is 12.1 Å². The molecule has 0 saturated carbocycles. The maximum atomic E-state index is 12.6. The summed E-state index contributed by atoms with van der Waals surface area (Å²) in [6.45, 7) is 6.90. The molecule has 0 aliphatic carbocycles. The summed E-state index contributed by atoms with van der Waals surface area (Å²) < 4.78 is 11.1. The zero-order chi connectivity index (χ0) is 24.2. The summed E-state index contributed by atoms with van der Waals surface area (Å²) >= 11 is 0. The second kappa shape index (κ2) is 9.83. The largest absolute Gasteiger partial charge is 0.459 e. The van der Waals surface area contributed by atoms with Gasteiger partial charge in [-0.2, -0.15) is 10.2 Å². The number of nitrogens with one attached hydrogen (secondary N) is 2. The van der Waals surface area contributed by atoms with Gasteiger partial charge in [-0.1, -0.05) is 17.7 Å². The highest BCUT2D eigenvalue weighted by molar-refractivity contribution is 5.96. The lowest BCUT2D eigenvalue weighted by molar-refractivity contribution is -0.127. The Balaban J connectivity index is 1.30. The quantitative estimate of drug-likeness (QED) is 0.573. The molecule has 2 amide bonds. The fourth-order valence-electron chi connectivity index (χ4n) is 4.32. The normalized spacial score (nSPS) is 14.0. The van der Waals surface area contributed by atoms with E-state index in [1.807, 2.05) is 37.8 Å². The average molecular weight is 462 g/mol. The summed E-state index contributed by atoms with van der Waals surface area (Å²) in [5.74, 6) is 0.460. The Hall–Kier alpha value is -4.06. The second-order valence-electron chi connectivity index (χ2n) is 8.56. The first-order valence-electron chi connectivity index (χ1n) is 11.2. The number of oxazole rings is 1. The van der Waals surface area contributed by atoms with Gasteiger partial charge >= 0.3 is 0 Å². The molecule has 0 spiro atoms. The van der Waals surface area contributed by atoms with Crippen LogP contribution in [0.3, 0.4) is 0 Å². The highest BCUT2D eigenvalue weighted by atomic mass is 16.4. The van der Waals surface area contributed by atoms with E-state index < -0.39 is 0 Å². The Morgan fingerprint density at radius 2 is 1.91 bits per heavy atom. The number of rotatable bonds is 6. The molecule has 3 aromatic rings. The molecule has 0 radical (unpaired) electrons. The summed E-state index contributed by atoms with van der Waals surface area (Å²) in [6, 6.07) is 9.52. The minimum absolute atomic E-state index is 0.0843. The number of hydrogen-bond acceptors (Lipinski definition) is 7. The van der Waals surface area contributed by atoms with Crippen molar-refractivity contribution in [3.05, 3.63) is 52.9 Å². The van der Waals surface area contributed by atoms with Crippen molar-refractivity contribution in [2.75, 3.05) is 29.9 Å². The topological polar surface area (TPSA) is 124 Å². The molecule has 0 unspecified atom stereocenters. The molecule has 1 aromatic carbocycles. The molecule has 1 aliphatic rings. The van der Waals surface area contributed by atoms with E-state index >= 15 is 0 Å². The first-order chi connectivity index (χ1) is 16.4. The molecule has 2 aromatic heterocycles. The van der Waals surface area contributed by atoms with E-state index in [-0.39, 0.29) is 35.9 Å². The SMILES string of the molecule is Cc1cc(C)c(NC(=O)CNC(=O)C2CCN(c3oc(-c4ccco4)nc3C#N)CC2)c(C)c1. The smallest absolute Gasteiger partial charge is 0.266 e. The summed E-state index contributed by atoms with van der Waals surface area (Å²) in [6.07, 6.45) is 2.66. The van der Waals surface area contributed by atoms with Crippen LogP contribution in [0.2, 0.25) is 0 Å². The first-order valence-corrected chi connectivity index (χ1v) is 11.2. The van der Waals surface area contributed by atoms with Crippen molar-refractivity contribution in [1.29, 1.82) is 5.26 Å². The predicted octanol–water partition coefficient (Wildman–Crippen LogP) is 3.70. The van der Waals surface area contributed by atoms with Crippen LogP contribution in [0.1, 0.15) is 35.2 Å². The number of carbonyl (C=O) groups excluding carboxylic acids is 2. The number of carbonyl (C=O) groups is 2. The highest BCUT2D eigenvalue weighted by Gasteiger charge is 2.29. The van der Waals surface area contributed by atoms with E-state index in [4.69, 9.17) is 8.83 Å². The van der Waals surface area contributed by atoms with Crippen LogP contribution < -0.4 is 15.5 Å². The summed E-state index contributed by atoms with van der Waals surface area (Å²) in [7, 11) is 0. The van der Waals surface area contributed by atoms with E-state index in [0.29, 0.717) is 37.6 Å². The Labute approximate surface area is 197 Å². The van der Waals surface area contributed by atoms with Crippen molar-refractivity contribution >= 4 is 23.4 Å². The number of hydrogen-bond donors (Lipinski definition) is 2. The van der Waals surface area contributed by atoms with E-state index in [9.17, 15) is 14.9 Å². The first kappa shape index (κ1) is 23.1. The highest BCUT2D eigenvalue weighted by Crippen LogP contribution is 2.31. The van der Waals surface area contributed by atoms with E-state index in [2.05, 4.69) is 21.7 Å². The summed E-state index contributed by atoms with van der Waals surface area (Å²) in [5, 5.41) is 15.1. The molecule has 34 heavy (non-hydrogen) atoms. The van der Waals surface area contributed by atoms with Crippen molar-refractivity contribution in [2.45, 2.75) is 33.6 Å². The molecule has 9 heteroatoms. The molecular formula is C25H27N5O4. The van der Waals surface area contributed by atoms with Gasteiger partial charge in [0.1, 0.15) is 6.07 Å². The van der Waals surface area contributed by atoms with E-state index in [1.165, 1.54) is 6.26 Å². The summed E-state index contributed by atoms with van der Waals surface area (Å²) in [5.41, 5.74) is 4.09. The molecule has 1 aliphatic heterocycles. The van der Waals surface area contributed by atoms with Crippen LogP contribution in [0.5, 0.6) is 0 Å². The standard InChI is InChI=1S/C25H27N5O4/c1-15-11-16(2)22(17(3)12-15)29-21(31)14-27-23(32)18-6-8-30(9-7-18)25-19(13-26)28-24(34-25)20-5-4-10-33-20/h4-5,10-12,18H,6-9,14H2,1-3H3,(H,27,32)(H,29,31). The van der Waals surface area contributed by atoms with Crippen molar-refractivity contribution in [2.24, 2.45) is 5.92 Å². The van der Waals surface area contributed by atoms with Gasteiger partial charge in [-0.15, -0.1) is 0 Å².